The number of nitrogens with two attached hydrogens (primary N) is 1. The van der Waals surface area contributed by atoms with Gasteiger partial charge in [-0.05, 0) is 36.8 Å². The van der Waals surface area contributed by atoms with E-state index in [9.17, 15) is 19.8 Å². The number of rotatable bonds is 5. The predicted octanol–water partition coefficient (Wildman–Crippen LogP) is 1.20. The van der Waals surface area contributed by atoms with E-state index >= 15 is 0 Å². The fourth-order valence-electron chi connectivity index (χ4n) is 3.87. The van der Waals surface area contributed by atoms with Gasteiger partial charge in [0.15, 0.2) is 5.82 Å². The standard InChI is InChI=1S/C23H25N5O4/c1-14-6-7-15-17(12-14)25-21(16-4-2-3-5-18(16)29)26-22(15)27-8-10-28(11-9-27)23(32)19(30)13-20(24)31/h2-7,12,19,29-30H,8-11,13H2,1H3,(H2,24,31)/t19-/m1/s1. The quantitative estimate of drug-likeness (QED) is 0.548. The highest BCUT2D eigenvalue weighted by atomic mass is 16.3. The van der Waals surface area contributed by atoms with E-state index in [1.807, 2.05) is 31.2 Å². The molecule has 4 N–H and O–H groups in total. The molecule has 0 spiro atoms. The Morgan fingerprint density at radius 3 is 2.50 bits per heavy atom. The van der Waals surface area contributed by atoms with Gasteiger partial charge in [0.05, 0.1) is 17.5 Å². The summed E-state index contributed by atoms with van der Waals surface area (Å²) in [7, 11) is 0. The van der Waals surface area contributed by atoms with Gasteiger partial charge in [-0.25, -0.2) is 9.97 Å². The van der Waals surface area contributed by atoms with Crippen LogP contribution in [0.1, 0.15) is 12.0 Å². The first-order valence-corrected chi connectivity index (χ1v) is 10.4. The maximum absolute atomic E-state index is 12.4. The Hall–Kier alpha value is -3.72. The number of para-hydroxylation sites is 1. The van der Waals surface area contributed by atoms with E-state index in [1.54, 1.807) is 18.2 Å². The van der Waals surface area contributed by atoms with Crippen molar-refractivity contribution in [2.24, 2.45) is 5.73 Å². The van der Waals surface area contributed by atoms with E-state index < -0.39 is 24.3 Å². The number of fused-ring (bicyclic) bond motifs is 1. The lowest BCUT2D eigenvalue weighted by atomic mass is 10.1. The number of carbonyl (C=O) groups excluding carboxylic acids is 2. The van der Waals surface area contributed by atoms with Crippen molar-refractivity contribution in [2.45, 2.75) is 19.4 Å². The molecule has 2 aromatic carbocycles. The predicted molar refractivity (Wildman–Crippen MR) is 120 cm³/mol. The summed E-state index contributed by atoms with van der Waals surface area (Å²) in [4.78, 5) is 36.4. The number of nitrogens with zero attached hydrogens (tertiary/aromatic N) is 4. The molecule has 0 unspecified atom stereocenters. The third kappa shape index (κ3) is 4.33. The van der Waals surface area contributed by atoms with Crippen LogP contribution in [0.3, 0.4) is 0 Å². The molecule has 3 aromatic rings. The molecular formula is C23H25N5O4. The molecule has 1 saturated heterocycles. The number of benzene rings is 2. The number of phenolic OH excluding ortho intramolecular Hbond substituents is 1. The summed E-state index contributed by atoms with van der Waals surface area (Å²) in [5, 5.41) is 21.1. The number of aromatic nitrogens is 2. The van der Waals surface area contributed by atoms with Gasteiger partial charge in [-0.2, -0.15) is 0 Å². The van der Waals surface area contributed by atoms with Crippen LogP contribution in [0.15, 0.2) is 42.5 Å². The monoisotopic (exact) mass is 435 g/mol. The number of piperazine rings is 1. The van der Waals surface area contributed by atoms with Crippen molar-refractivity contribution in [3.8, 4) is 17.1 Å². The molecule has 2 amide bonds. The molecule has 4 rings (SSSR count). The second-order valence-electron chi connectivity index (χ2n) is 7.91. The van der Waals surface area contributed by atoms with E-state index in [2.05, 4.69) is 9.88 Å². The van der Waals surface area contributed by atoms with Crippen molar-refractivity contribution in [1.29, 1.82) is 0 Å². The molecule has 9 nitrogen and oxygen atoms in total. The van der Waals surface area contributed by atoms with Crippen LogP contribution < -0.4 is 10.6 Å². The normalized spacial score (nSPS) is 15.1. The second kappa shape index (κ2) is 8.80. The number of anilines is 1. The zero-order valence-electron chi connectivity index (χ0n) is 17.7. The lowest BCUT2D eigenvalue weighted by molar-refractivity contribution is -0.143. The van der Waals surface area contributed by atoms with E-state index in [-0.39, 0.29) is 5.75 Å². The van der Waals surface area contributed by atoms with Gasteiger partial charge in [-0.3, -0.25) is 9.59 Å². The Balaban J connectivity index is 1.64. The molecule has 1 atom stereocenters. The number of amides is 2. The summed E-state index contributed by atoms with van der Waals surface area (Å²) in [5.74, 6) is 0.0272. The van der Waals surface area contributed by atoms with Crippen molar-refractivity contribution in [2.75, 3.05) is 31.1 Å². The minimum atomic E-state index is -1.42. The van der Waals surface area contributed by atoms with Crippen LogP contribution in [0.2, 0.25) is 0 Å². The first-order chi connectivity index (χ1) is 15.3. The number of carbonyl (C=O) groups is 2. The van der Waals surface area contributed by atoms with E-state index in [1.165, 1.54) is 4.90 Å². The number of phenols is 1. The van der Waals surface area contributed by atoms with Crippen LogP contribution in [0.25, 0.3) is 22.3 Å². The average Bonchev–Trinajstić information content (AvgIpc) is 2.77. The average molecular weight is 435 g/mol. The molecule has 0 aliphatic carbocycles. The molecule has 1 aliphatic heterocycles. The molecule has 0 radical (unpaired) electrons. The SMILES string of the molecule is Cc1ccc2c(N3CCN(C(=O)[C@H](O)CC(N)=O)CC3)nc(-c3ccccc3O)nc2c1. The lowest BCUT2D eigenvalue weighted by Gasteiger charge is -2.36. The van der Waals surface area contributed by atoms with Gasteiger partial charge < -0.3 is 25.7 Å². The molecule has 1 fully saturated rings. The Kier molecular flexibility index (Phi) is 5.91. The Bertz CT molecular complexity index is 1170. The van der Waals surface area contributed by atoms with Crippen LogP contribution in [-0.4, -0.2) is 69.2 Å². The third-order valence-corrected chi connectivity index (χ3v) is 5.55. The number of hydrogen-bond acceptors (Lipinski definition) is 7. The second-order valence-corrected chi connectivity index (χ2v) is 7.91. The topological polar surface area (TPSA) is 133 Å². The van der Waals surface area contributed by atoms with Gasteiger partial charge in [0.2, 0.25) is 5.91 Å². The summed E-state index contributed by atoms with van der Waals surface area (Å²) >= 11 is 0. The molecule has 0 saturated carbocycles. The summed E-state index contributed by atoms with van der Waals surface area (Å²) < 4.78 is 0. The molecule has 2 heterocycles. The maximum Gasteiger partial charge on any atom is 0.252 e. The fourth-order valence-corrected chi connectivity index (χ4v) is 3.87. The highest BCUT2D eigenvalue weighted by Gasteiger charge is 2.28. The van der Waals surface area contributed by atoms with Gasteiger partial charge >= 0.3 is 0 Å². The number of aliphatic hydroxyl groups excluding tert-OH is 1. The van der Waals surface area contributed by atoms with E-state index in [0.717, 1.165) is 22.3 Å². The summed E-state index contributed by atoms with van der Waals surface area (Å²) in [6.45, 7) is 3.73. The maximum atomic E-state index is 12.4. The Morgan fingerprint density at radius 1 is 1.09 bits per heavy atom. The van der Waals surface area contributed by atoms with Crippen molar-refractivity contribution >= 4 is 28.5 Å². The molecule has 0 bridgehead atoms. The first-order valence-electron chi connectivity index (χ1n) is 10.4. The lowest BCUT2D eigenvalue weighted by Crippen LogP contribution is -2.52. The summed E-state index contributed by atoms with van der Waals surface area (Å²) in [6, 6.07) is 12.9. The fraction of sp³-hybridized carbons (Fsp3) is 0.304. The van der Waals surface area contributed by atoms with Crippen molar-refractivity contribution in [1.82, 2.24) is 14.9 Å². The van der Waals surface area contributed by atoms with Gasteiger partial charge in [-0.1, -0.05) is 18.2 Å². The van der Waals surface area contributed by atoms with Gasteiger partial charge in [0, 0.05) is 31.6 Å². The molecular weight excluding hydrogens is 410 g/mol. The van der Waals surface area contributed by atoms with Gasteiger partial charge in [0.25, 0.3) is 5.91 Å². The smallest absolute Gasteiger partial charge is 0.252 e. The molecule has 32 heavy (non-hydrogen) atoms. The highest BCUT2D eigenvalue weighted by Crippen LogP contribution is 2.32. The minimum Gasteiger partial charge on any atom is -0.507 e. The van der Waals surface area contributed by atoms with Crippen LogP contribution in [-0.2, 0) is 9.59 Å². The first kappa shape index (κ1) is 21.5. The minimum absolute atomic E-state index is 0.101. The zero-order chi connectivity index (χ0) is 22.8. The molecule has 1 aliphatic rings. The third-order valence-electron chi connectivity index (χ3n) is 5.55. The van der Waals surface area contributed by atoms with E-state index in [0.29, 0.717) is 37.6 Å². The zero-order valence-corrected chi connectivity index (χ0v) is 17.7. The number of hydrogen-bond donors (Lipinski definition) is 3. The molecule has 9 heteroatoms. The van der Waals surface area contributed by atoms with Crippen LogP contribution >= 0.6 is 0 Å². The largest absolute Gasteiger partial charge is 0.507 e. The number of aromatic hydroxyl groups is 1. The summed E-state index contributed by atoms with van der Waals surface area (Å²) in [5.41, 5.74) is 7.45. The summed E-state index contributed by atoms with van der Waals surface area (Å²) in [6.07, 6.45) is -1.81. The van der Waals surface area contributed by atoms with Gasteiger partial charge in [-0.15, -0.1) is 0 Å². The van der Waals surface area contributed by atoms with E-state index in [4.69, 9.17) is 10.7 Å². The number of aryl methyl sites for hydroxylation is 1. The van der Waals surface area contributed by atoms with Gasteiger partial charge in [0.1, 0.15) is 17.7 Å². The van der Waals surface area contributed by atoms with Crippen molar-refractivity contribution in [3.63, 3.8) is 0 Å². The van der Waals surface area contributed by atoms with Crippen LogP contribution in [0, 0.1) is 6.92 Å². The number of primary amides is 1. The Labute approximate surface area is 185 Å². The van der Waals surface area contributed by atoms with Crippen LogP contribution in [0.5, 0.6) is 5.75 Å². The van der Waals surface area contributed by atoms with Crippen molar-refractivity contribution < 1.29 is 19.8 Å². The highest BCUT2D eigenvalue weighted by molar-refractivity contribution is 5.92. The van der Waals surface area contributed by atoms with Crippen molar-refractivity contribution in [3.05, 3.63) is 48.0 Å². The Morgan fingerprint density at radius 2 is 1.81 bits per heavy atom. The molecule has 166 valence electrons. The molecule has 1 aromatic heterocycles. The van der Waals surface area contributed by atoms with Crippen LogP contribution in [0.4, 0.5) is 5.82 Å². The number of aliphatic hydroxyl groups is 1.